The van der Waals surface area contributed by atoms with Crippen molar-refractivity contribution >= 4 is 11.9 Å². The summed E-state index contributed by atoms with van der Waals surface area (Å²) in [7, 11) is 0. The fourth-order valence-electron chi connectivity index (χ4n) is 2.12. The van der Waals surface area contributed by atoms with Crippen LogP contribution in [0.5, 0.6) is 0 Å². The van der Waals surface area contributed by atoms with Crippen LogP contribution in [0.25, 0.3) is 0 Å². The van der Waals surface area contributed by atoms with Gasteiger partial charge >= 0.3 is 5.97 Å². The zero-order valence-corrected chi connectivity index (χ0v) is 10.3. The molecular weight excluding hydrogens is 222 g/mol. The van der Waals surface area contributed by atoms with Crippen molar-refractivity contribution in [1.82, 2.24) is 5.32 Å². The molecule has 5 nitrogen and oxygen atoms in total. The van der Waals surface area contributed by atoms with Crippen LogP contribution >= 0.6 is 0 Å². The number of rotatable bonds is 7. The summed E-state index contributed by atoms with van der Waals surface area (Å²) in [6, 6.07) is 0.0377. The Bertz CT molecular complexity index is 267. The lowest BCUT2D eigenvalue weighted by molar-refractivity contribution is -0.141. The molecule has 0 heterocycles. The molecule has 0 saturated heterocycles. The molecule has 1 fully saturated rings. The van der Waals surface area contributed by atoms with Crippen molar-refractivity contribution in [3.63, 3.8) is 0 Å². The van der Waals surface area contributed by atoms with Gasteiger partial charge < -0.3 is 15.2 Å². The van der Waals surface area contributed by atoms with Crippen LogP contribution in [-0.4, -0.2) is 36.2 Å². The van der Waals surface area contributed by atoms with E-state index < -0.39 is 5.97 Å². The van der Waals surface area contributed by atoms with Gasteiger partial charge in [-0.3, -0.25) is 9.59 Å². The smallest absolute Gasteiger partial charge is 0.306 e. The van der Waals surface area contributed by atoms with Crippen LogP contribution in [0, 0.1) is 5.92 Å². The molecule has 5 heteroatoms. The third-order valence-corrected chi connectivity index (χ3v) is 3.04. The maximum Gasteiger partial charge on any atom is 0.306 e. The molecule has 2 N–H and O–H groups in total. The monoisotopic (exact) mass is 243 g/mol. The molecule has 0 aliphatic heterocycles. The number of hydrogen-bond acceptors (Lipinski definition) is 3. The van der Waals surface area contributed by atoms with Crippen molar-refractivity contribution < 1.29 is 19.4 Å². The van der Waals surface area contributed by atoms with Gasteiger partial charge in [0.05, 0.1) is 5.92 Å². The standard InChI is InChI=1S/C12H21NO4/c1-2-17-7-3-4-11(14)13-10-6-5-9(8-10)12(15)16/h9-10H,2-8H2,1H3,(H,13,14)(H,15,16). The fourth-order valence-corrected chi connectivity index (χ4v) is 2.12. The summed E-state index contributed by atoms with van der Waals surface area (Å²) >= 11 is 0. The van der Waals surface area contributed by atoms with Crippen molar-refractivity contribution in [2.24, 2.45) is 5.92 Å². The zero-order chi connectivity index (χ0) is 12.7. The molecule has 0 spiro atoms. The first-order valence-electron chi connectivity index (χ1n) is 6.23. The third-order valence-electron chi connectivity index (χ3n) is 3.04. The second-order valence-corrected chi connectivity index (χ2v) is 4.41. The van der Waals surface area contributed by atoms with Crippen LogP contribution in [0.3, 0.4) is 0 Å². The number of aliphatic carboxylic acids is 1. The molecule has 0 radical (unpaired) electrons. The Morgan fingerprint density at radius 2 is 2.18 bits per heavy atom. The van der Waals surface area contributed by atoms with Crippen LogP contribution in [0.15, 0.2) is 0 Å². The van der Waals surface area contributed by atoms with Crippen molar-refractivity contribution in [1.29, 1.82) is 0 Å². The van der Waals surface area contributed by atoms with Crippen LogP contribution < -0.4 is 5.32 Å². The Morgan fingerprint density at radius 1 is 1.41 bits per heavy atom. The van der Waals surface area contributed by atoms with E-state index in [0.717, 1.165) is 12.8 Å². The van der Waals surface area contributed by atoms with Gasteiger partial charge in [0.15, 0.2) is 0 Å². The summed E-state index contributed by atoms with van der Waals surface area (Å²) in [6.45, 7) is 3.20. The third kappa shape index (κ3) is 5.17. The van der Waals surface area contributed by atoms with E-state index in [1.165, 1.54) is 0 Å². The molecule has 1 aliphatic rings. The summed E-state index contributed by atoms with van der Waals surface area (Å²) in [4.78, 5) is 22.3. The van der Waals surface area contributed by atoms with Crippen LogP contribution in [0.2, 0.25) is 0 Å². The Balaban J connectivity index is 2.13. The quantitative estimate of drug-likeness (QED) is 0.658. The van der Waals surface area contributed by atoms with Gasteiger partial charge in [-0.2, -0.15) is 0 Å². The Kier molecular flexibility index (Phi) is 5.97. The first-order valence-corrected chi connectivity index (χ1v) is 6.23. The van der Waals surface area contributed by atoms with E-state index >= 15 is 0 Å². The van der Waals surface area contributed by atoms with Crippen molar-refractivity contribution in [2.45, 2.75) is 45.1 Å². The maximum absolute atomic E-state index is 11.5. The predicted octanol–water partition coefficient (Wildman–Crippen LogP) is 1.17. The molecule has 1 aliphatic carbocycles. The lowest BCUT2D eigenvalue weighted by atomic mass is 10.1. The number of amides is 1. The topological polar surface area (TPSA) is 75.6 Å². The summed E-state index contributed by atoms with van der Waals surface area (Å²) in [6.07, 6.45) is 3.17. The van der Waals surface area contributed by atoms with Crippen molar-refractivity contribution in [3.05, 3.63) is 0 Å². The highest BCUT2D eigenvalue weighted by atomic mass is 16.5. The molecule has 2 atom stereocenters. The van der Waals surface area contributed by atoms with Crippen molar-refractivity contribution in [3.8, 4) is 0 Å². The van der Waals surface area contributed by atoms with Crippen LogP contribution in [0.4, 0.5) is 0 Å². The molecule has 0 aromatic carbocycles. The van der Waals surface area contributed by atoms with E-state index in [4.69, 9.17) is 9.84 Å². The molecule has 1 saturated carbocycles. The number of nitrogens with one attached hydrogen (secondary N) is 1. The van der Waals surface area contributed by atoms with Gasteiger partial charge in [-0.1, -0.05) is 0 Å². The summed E-state index contributed by atoms with van der Waals surface area (Å²) in [5.74, 6) is -1.04. The van der Waals surface area contributed by atoms with Gasteiger partial charge in [-0.05, 0) is 32.6 Å². The van der Waals surface area contributed by atoms with Gasteiger partial charge in [0.25, 0.3) is 0 Å². The summed E-state index contributed by atoms with van der Waals surface area (Å²) < 4.78 is 5.14. The Morgan fingerprint density at radius 3 is 2.76 bits per heavy atom. The molecule has 0 aromatic heterocycles. The van der Waals surface area contributed by atoms with Crippen LogP contribution in [-0.2, 0) is 14.3 Å². The van der Waals surface area contributed by atoms with Gasteiger partial charge in [-0.25, -0.2) is 0 Å². The van der Waals surface area contributed by atoms with E-state index in [0.29, 0.717) is 32.5 Å². The number of carbonyl (C=O) groups excluding carboxylic acids is 1. The molecule has 17 heavy (non-hydrogen) atoms. The van der Waals surface area contributed by atoms with Gasteiger partial charge in [-0.15, -0.1) is 0 Å². The minimum absolute atomic E-state index is 0.000687. The molecule has 1 amide bonds. The van der Waals surface area contributed by atoms with Gasteiger partial charge in [0.2, 0.25) is 5.91 Å². The molecule has 1 rings (SSSR count). The van der Waals surface area contributed by atoms with E-state index in [1.807, 2.05) is 6.92 Å². The second kappa shape index (κ2) is 7.27. The average Bonchev–Trinajstić information content (AvgIpc) is 2.73. The second-order valence-electron chi connectivity index (χ2n) is 4.41. The largest absolute Gasteiger partial charge is 0.481 e. The lowest BCUT2D eigenvalue weighted by Crippen LogP contribution is -2.33. The lowest BCUT2D eigenvalue weighted by Gasteiger charge is -2.12. The molecular formula is C12H21NO4. The highest BCUT2D eigenvalue weighted by Gasteiger charge is 2.30. The van der Waals surface area contributed by atoms with E-state index in [2.05, 4.69) is 5.32 Å². The van der Waals surface area contributed by atoms with E-state index in [9.17, 15) is 9.59 Å². The van der Waals surface area contributed by atoms with Crippen LogP contribution in [0.1, 0.15) is 39.0 Å². The average molecular weight is 243 g/mol. The first-order chi connectivity index (χ1) is 8.13. The summed E-state index contributed by atoms with van der Waals surface area (Å²) in [5, 5.41) is 11.7. The molecule has 2 unspecified atom stereocenters. The number of carboxylic acid groups (broad SMARTS) is 1. The Hall–Kier alpha value is -1.10. The molecule has 98 valence electrons. The predicted molar refractivity (Wildman–Crippen MR) is 62.6 cm³/mol. The normalized spacial score (nSPS) is 23.6. The minimum atomic E-state index is -0.752. The minimum Gasteiger partial charge on any atom is -0.481 e. The van der Waals surface area contributed by atoms with Gasteiger partial charge in [0.1, 0.15) is 0 Å². The fraction of sp³-hybridized carbons (Fsp3) is 0.833. The molecule has 0 aromatic rings. The SMILES string of the molecule is CCOCCCC(=O)NC1CCC(C(=O)O)C1. The number of carboxylic acids is 1. The number of hydrogen-bond donors (Lipinski definition) is 2. The maximum atomic E-state index is 11.5. The van der Waals surface area contributed by atoms with Gasteiger partial charge in [0, 0.05) is 25.7 Å². The van der Waals surface area contributed by atoms with E-state index in [-0.39, 0.29) is 17.9 Å². The summed E-state index contributed by atoms with van der Waals surface area (Å²) in [5.41, 5.74) is 0. The highest BCUT2D eigenvalue weighted by molar-refractivity contribution is 5.76. The Labute approximate surface area is 102 Å². The van der Waals surface area contributed by atoms with Crippen molar-refractivity contribution in [2.75, 3.05) is 13.2 Å². The number of carbonyl (C=O) groups is 2. The highest BCUT2D eigenvalue weighted by Crippen LogP contribution is 2.25. The first kappa shape index (κ1) is 14.0. The zero-order valence-electron chi connectivity index (χ0n) is 10.3. The van der Waals surface area contributed by atoms with E-state index in [1.54, 1.807) is 0 Å². The molecule has 0 bridgehead atoms. The number of ether oxygens (including phenoxy) is 1.